The van der Waals surface area contributed by atoms with E-state index in [-0.39, 0.29) is 0 Å². The van der Waals surface area contributed by atoms with Gasteiger partial charge in [-0.25, -0.2) is 31.7 Å². The number of aromatic nitrogens is 1. The summed E-state index contributed by atoms with van der Waals surface area (Å²) in [4.78, 5) is 3.28. The maximum Gasteiger partial charge on any atom is 0.269 e. The van der Waals surface area contributed by atoms with E-state index in [4.69, 9.17) is 0 Å². The first-order chi connectivity index (χ1) is 6.73. The van der Waals surface area contributed by atoms with Gasteiger partial charge in [-0.1, -0.05) is 0 Å². The molecule has 4 nitrogen and oxygen atoms in total. The lowest BCUT2D eigenvalue weighted by Crippen LogP contribution is -2.16. The summed E-state index contributed by atoms with van der Waals surface area (Å²) in [5.74, 6) is -1.34. The Morgan fingerprint density at radius 2 is 2.00 bits per heavy atom. The molecule has 0 spiro atoms. The van der Waals surface area contributed by atoms with Crippen LogP contribution in [0.25, 0.3) is 0 Å². The number of sulfonamides is 1. The minimum Gasteiger partial charge on any atom is -0.228 e. The highest BCUT2D eigenvalue weighted by Crippen LogP contribution is 2.27. The van der Waals surface area contributed by atoms with Gasteiger partial charge in [0, 0.05) is 6.07 Å². The maximum atomic E-state index is 13.0. The molecule has 0 saturated heterocycles. The summed E-state index contributed by atoms with van der Waals surface area (Å²) >= 11 is 1.32. The number of alkyl halides is 2. The fraction of sp³-hybridized carbons (Fsp3) is 0.167. The predicted octanol–water partition coefficient (Wildman–Crippen LogP) is 1.41. The Kier molecular flexibility index (Phi) is 3.55. The molecular formula is C6H4F3IN2O2S. The SMILES string of the molecule is NS(=O)(=O)c1cc(F)c(C(F)F)c(I)n1. The normalized spacial score (nSPS) is 12.1. The first kappa shape index (κ1) is 12.6. The molecule has 0 fully saturated rings. The third-order valence-electron chi connectivity index (χ3n) is 1.45. The van der Waals surface area contributed by atoms with Gasteiger partial charge in [-0.3, -0.25) is 0 Å². The molecule has 1 aromatic rings. The zero-order valence-electron chi connectivity index (χ0n) is 6.92. The van der Waals surface area contributed by atoms with Crippen LogP contribution in [0.2, 0.25) is 0 Å². The van der Waals surface area contributed by atoms with Crippen LogP contribution in [0.15, 0.2) is 11.1 Å². The number of nitrogens with two attached hydrogens (primary N) is 1. The summed E-state index contributed by atoms with van der Waals surface area (Å²) in [6.45, 7) is 0. The number of hydrogen-bond donors (Lipinski definition) is 1. The molecule has 0 bridgehead atoms. The smallest absolute Gasteiger partial charge is 0.228 e. The highest BCUT2D eigenvalue weighted by atomic mass is 127. The second kappa shape index (κ2) is 4.22. The van der Waals surface area contributed by atoms with E-state index in [1.165, 1.54) is 22.6 Å². The van der Waals surface area contributed by atoms with Crippen molar-refractivity contribution in [3.05, 3.63) is 21.1 Å². The molecule has 0 aliphatic carbocycles. The molecule has 0 aliphatic rings. The van der Waals surface area contributed by atoms with Crippen LogP contribution in [0.4, 0.5) is 13.2 Å². The van der Waals surface area contributed by atoms with Gasteiger partial charge in [0.05, 0.1) is 5.56 Å². The lowest BCUT2D eigenvalue weighted by Gasteiger charge is -2.05. The van der Waals surface area contributed by atoms with E-state index in [9.17, 15) is 21.6 Å². The van der Waals surface area contributed by atoms with Crippen LogP contribution in [-0.4, -0.2) is 13.4 Å². The Bertz CT molecular complexity index is 468. The molecule has 1 rings (SSSR count). The van der Waals surface area contributed by atoms with Gasteiger partial charge in [0.1, 0.15) is 9.52 Å². The van der Waals surface area contributed by atoms with Gasteiger partial charge >= 0.3 is 0 Å². The maximum absolute atomic E-state index is 13.0. The van der Waals surface area contributed by atoms with Crippen molar-refractivity contribution in [1.29, 1.82) is 0 Å². The van der Waals surface area contributed by atoms with Gasteiger partial charge in [-0.05, 0) is 22.6 Å². The summed E-state index contributed by atoms with van der Waals surface area (Å²) < 4.78 is 58.7. The Labute approximate surface area is 96.9 Å². The molecule has 0 aromatic carbocycles. The Balaban J connectivity index is 3.45. The van der Waals surface area contributed by atoms with Gasteiger partial charge in [-0.2, -0.15) is 0 Å². The zero-order valence-corrected chi connectivity index (χ0v) is 9.89. The lowest BCUT2D eigenvalue weighted by molar-refractivity contribution is 0.144. The molecule has 0 unspecified atom stereocenters. The molecule has 9 heteroatoms. The second-order valence-electron chi connectivity index (χ2n) is 2.49. The van der Waals surface area contributed by atoms with Crippen molar-refractivity contribution in [2.75, 3.05) is 0 Å². The van der Waals surface area contributed by atoms with Crippen LogP contribution >= 0.6 is 22.6 Å². The number of rotatable bonds is 2. The van der Waals surface area contributed by atoms with Crippen molar-refractivity contribution in [2.24, 2.45) is 5.14 Å². The number of pyridine rings is 1. The number of nitrogens with zero attached hydrogens (tertiary/aromatic N) is 1. The summed E-state index contributed by atoms with van der Waals surface area (Å²) in [6.07, 6.45) is -3.06. The topological polar surface area (TPSA) is 73.1 Å². The minimum atomic E-state index is -4.19. The zero-order chi connectivity index (χ0) is 11.8. The largest absolute Gasteiger partial charge is 0.269 e. The van der Waals surface area contributed by atoms with Crippen LogP contribution in [0.1, 0.15) is 12.0 Å². The first-order valence-electron chi connectivity index (χ1n) is 3.40. The average Bonchev–Trinajstić information content (AvgIpc) is 1.99. The van der Waals surface area contributed by atoms with Crippen molar-refractivity contribution < 1.29 is 21.6 Å². The van der Waals surface area contributed by atoms with Gasteiger partial charge in [0.15, 0.2) is 5.03 Å². The molecule has 1 aromatic heterocycles. The third-order valence-corrected chi connectivity index (χ3v) is 3.06. The summed E-state index contributed by atoms with van der Waals surface area (Å²) in [7, 11) is -4.19. The minimum absolute atomic E-state index is 0.374. The molecule has 2 N–H and O–H groups in total. The summed E-state index contributed by atoms with van der Waals surface area (Å²) in [5, 5.41) is 3.90. The summed E-state index contributed by atoms with van der Waals surface area (Å²) in [6, 6.07) is 0.374. The number of halogens is 4. The fourth-order valence-corrected chi connectivity index (χ4v) is 2.22. The van der Waals surface area contributed by atoms with E-state index in [2.05, 4.69) is 10.1 Å². The van der Waals surface area contributed by atoms with Crippen LogP contribution in [-0.2, 0) is 10.0 Å². The van der Waals surface area contributed by atoms with Gasteiger partial charge < -0.3 is 0 Å². The van der Waals surface area contributed by atoms with E-state index in [1.54, 1.807) is 0 Å². The van der Waals surface area contributed by atoms with Gasteiger partial charge in [-0.15, -0.1) is 0 Å². The highest BCUT2D eigenvalue weighted by Gasteiger charge is 2.22. The number of hydrogen-bond acceptors (Lipinski definition) is 3. The van der Waals surface area contributed by atoms with Crippen molar-refractivity contribution in [3.8, 4) is 0 Å². The van der Waals surface area contributed by atoms with Crippen molar-refractivity contribution in [1.82, 2.24) is 4.98 Å². The van der Waals surface area contributed by atoms with Crippen molar-refractivity contribution in [3.63, 3.8) is 0 Å². The van der Waals surface area contributed by atoms with Crippen LogP contribution in [0, 0.1) is 9.52 Å². The molecule has 0 saturated carbocycles. The first-order valence-corrected chi connectivity index (χ1v) is 6.03. The third kappa shape index (κ3) is 2.78. The van der Waals surface area contributed by atoms with Crippen molar-refractivity contribution >= 4 is 32.6 Å². The fourth-order valence-electron chi connectivity index (χ4n) is 0.814. The van der Waals surface area contributed by atoms with Crippen LogP contribution in [0.5, 0.6) is 0 Å². The highest BCUT2D eigenvalue weighted by molar-refractivity contribution is 14.1. The molecule has 84 valence electrons. The molecule has 1 heterocycles. The lowest BCUT2D eigenvalue weighted by atomic mass is 10.3. The quantitative estimate of drug-likeness (QED) is 0.646. The van der Waals surface area contributed by atoms with E-state index < -0.39 is 36.6 Å². The average molecular weight is 352 g/mol. The standard InChI is InChI=1S/C6H4F3IN2O2S/c7-2-1-3(15(11,13)14)12-6(10)4(2)5(8)9/h1,5H,(H2,11,13,14). The Morgan fingerprint density at radius 3 is 2.33 bits per heavy atom. The van der Waals surface area contributed by atoms with E-state index in [1.807, 2.05) is 0 Å². The predicted molar refractivity (Wildman–Crippen MR) is 53.2 cm³/mol. The monoisotopic (exact) mass is 352 g/mol. The molecule has 0 atom stereocenters. The van der Waals surface area contributed by atoms with Crippen molar-refractivity contribution in [2.45, 2.75) is 11.5 Å². The van der Waals surface area contributed by atoms with Gasteiger partial charge in [0.25, 0.3) is 16.4 Å². The summed E-state index contributed by atoms with van der Waals surface area (Å²) in [5.41, 5.74) is -0.928. The van der Waals surface area contributed by atoms with E-state index in [0.29, 0.717) is 6.07 Å². The molecule has 0 amide bonds. The van der Waals surface area contributed by atoms with E-state index >= 15 is 0 Å². The molecule has 15 heavy (non-hydrogen) atoms. The number of primary sulfonamides is 1. The van der Waals surface area contributed by atoms with Crippen LogP contribution in [0.3, 0.4) is 0 Å². The van der Waals surface area contributed by atoms with Gasteiger partial charge in [0.2, 0.25) is 0 Å². The Morgan fingerprint density at radius 1 is 1.47 bits per heavy atom. The van der Waals surface area contributed by atoms with Crippen LogP contribution < -0.4 is 5.14 Å². The molecule has 0 radical (unpaired) electrons. The molecule has 0 aliphatic heterocycles. The second-order valence-corrected chi connectivity index (χ2v) is 5.02. The molecular weight excluding hydrogens is 348 g/mol. The van der Waals surface area contributed by atoms with E-state index in [0.717, 1.165) is 0 Å². The Hall–Kier alpha value is -0.420.